The second-order valence-electron chi connectivity index (χ2n) is 3.56. The Balaban J connectivity index is 2.16. The summed E-state index contributed by atoms with van der Waals surface area (Å²) < 4.78 is 6.68. The topological polar surface area (TPSA) is 35.2 Å². The summed E-state index contributed by atoms with van der Waals surface area (Å²) in [5.74, 6) is 1.93. The standard InChI is InChI=1S/C12H18BrNOS/c1-10(5-6-14)16-8-7-15-12-4-2-3-11(13)9-12/h2-4,9-10H,5-8,14H2,1H3. The Labute approximate surface area is 110 Å². The Morgan fingerprint density at radius 1 is 1.50 bits per heavy atom. The molecule has 0 heterocycles. The van der Waals surface area contributed by atoms with E-state index in [9.17, 15) is 0 Å². The van der Waals surface area contributed by atoms with Crippen LogP contribution in [-0.2, 0) is 0 Å². The predicted molar refractivity (Wildman–Crippen MR) is 75.2 cm³/mol. The Hall–Kier alpha value is -0.190. The number of rotatable bonds is 7. The molecule has 0 aromatic heterocycles. The van der Waals surface area contributed by atoms with Crippen LogP contribution in [0.25, 0.3) is 0 Å². The monoisotopic (exact) mass is 303 g/mol. The zero-order chi connectivity index (χ0) is 11.8. The lowest BCUT2D eigenvalue weighted by molar-refractivity contribution is 0.343. The maximum atomic E-state index is 5.63. The summed E-state index contributed by atoms with van der Waals surface area (Å²) >= 11 is 5.32. The minimum Gasteiger partial charge on any atom is -0.493 e. The third-order valence-corrected chi connectivity index (χ3v) is 3.82. The number of hydrogen-bond acceptors (Lipinski definition) is 3. The van der Waals surface area contributed by atoms with Crippen LogP contribution in [-0.4, -0.2) is 24.2 Å². The van der Waals surface area contributed by atoms with Gasteiger partial charge in [0.25, 0.3) is 0 Å². The van der Waals surface area contributed by atoms with Crippen LogP contribution < -0.4 is 10.5 Å². The molecule has 0 radical (unpaired) electrons. The molecule has 0 aliphatic carbocycles. The zero-order valence-electron chi connectivity index (χ0n) is 9.49. The third kappa shape index (κ3) is 5.77. The van der Waals surface area contributed by atoms with E-state index in [2.05, 4.69) is 22.9 Å². The molecule has 0 bridgehead atoms. The normalized spacial score (nSPS) is 12.4. The summed E-state index contributed by atoms with van der Waals surface area (Å²) in [5, 5.41) is 0.621. The van der Waals surface area contributed by atoms with Crippen molar-refractivity contribution in [2.45, 2.75) is 18.6 Å². The van der Waals surface area contributed by atoms with Crippen LogP contribution >= 0.6 is 27.7 Å². The molecule has 16 heavy (non-hydrogen) atoms. The van der Waals surface area contributed by atoms with Crippen molar-refractivity contribution in [2.24, 2.45) is 5.73 Å². The lowest BCUT2D eigenvalue weighted by atomic mass is 10.3. The van der Waals surface area contributed by atoms with Crippen LogP contribution in [0.3, 0.4) is 0 Å². The first-order chi connectivity index (χ1) is 7.72. The molecule has 1 atom stereocenters. The molecular formula is C12H18BrNOS. The van der Waals surface area contributed by atoms with Crippen molar-refractivity contribution in [1.29, 1.82) is 0 Å². The van der Waals surface area contributed by atoms with Crippen LogP contribution in [0.1, 0.15) is 13.3 Å². The molecule has 0 spiro atoms. The molecule has 0 fully saturated rings. The molecule has 90 valence electrons. The van der Waals surface area contributed by atoms with Gasteiger partial charge in [-0.3, -0.25) is 0 Å². The zero-order valence-corrected chi connectivity index (χ0v) is 11.9. The molecule has 1 rings (SSSR count). The second kappa shape index (κ2) is 7.98. The summed E-state index contributed by atoms with van der Waals surface area (Å²) in [6.07, 6.45) is 1.07. The van der Waals surface area contributed by atoms with Gasteiger partial charge in [-0.05, 0) is 31.2 Å². The van der Waals surface area contributed by atoms with E-state index in [1.807, 2.05) is 36.0 Å². The molecule has 0 saturated heterocycles. The van der Waals surface area contributed by atoms with Crippen molar-refractivity contribution in [3.8, 4) is 5.75 Å². The van der Waals surface area contributed by atoms with E-state index < -0.39 is 0 Å². The van der Waals surface area contributed by atoms with Crippen molar-refractivity contribution in [3.05, 3.63) is 28.7 Å². The third-order valence-electron chi connectivity index (χ3n) is 2.12. The lowest BCUT2D eigenvalue weighted by Crippen LogP contribution is -2.09. The van der Waals surface area contributed by atoms with Gasteiger partial charge in [0.15, 0.2) is 0 Å². The highest BCUT2D eigenvalue weighted by molar-refractivity contribution is 9.10. The van der Waals surface area contributed by atoms with Gasteiger partial charge in [-0.15, -0.1) is 0 Å². The van der Waals surface area contributed by atoms with Crippen molar-refractivity contribution >= 4 is 27.7 Å². The molecule has 0 aliphatic rings. The highest BCUT2D eigenvalue weighted by Crippen LogP contribution is 2.18. The smallest absolute Gasteiger partial charge is 0.120 e. The number of ether oxygens (including phenoxy) is 1. The Kier molecular flexibility index (Phi) is 6.92. The van der Waals surface area contributed by atoms with Crippen molar-refractivity contribution < 1.29 is 4.74 Å². The minimum absolute atomic E-state index is 0.621. The number of halogens is 1. The van der Waals surface area contributed by atoms with E-state index in [-0.39, 0.29) is 0 Å². The quantitative estimate of drug-likeness (QED) is 0.785. The molecule has 0 amide bonds. The van der Waals surface area contributed by atoms with Gasteiger partial charge >= 0.3 is 0 Å². The van der Waals surface area contributed by atoms with Crippen molar-refractivity contribution in [2.75, 3.05) is 18.9 Å². The van der Waals surface area contributed by atoms with Gasteiger partial charge in [0.05, 0.1) is 6.61 Å². The van der Waals surface area contributed by atoms with Gasteiger partial charge in [-0.25, -0.2) is 0 Å². The molecule has 1 unspecified atom stereocenters. The van der Waals surface area contributed by atoms with Gasteiger partial charge in [-0.2, -0.15) is 11.8 Å². The largest absolute Gasteiger partial charge is 0.493 e. The first-order valence-electron chi connectivity index (χ1n) is 5.42. The molecule has 4 heteroatoms. The average Bonchev–Trinajstić information content (AvgIpc) is 2.25. The first-order valence-corrected chi connectivity index (χ1v) is 7.26. The maximum absolute atomic E-state index is 5.63. The highest BCUT2D eigenvalue weighted by atomic mass is 79.9. The molecule has 1 aromatic rings. The fourth-order valence-electron chi connectivity index (χ4n) is 1.28. The van der Waals surface area contributed by atoms with Crippen LogP contribution in [0.5, 0.6) is 5.75 Å². The summed E-state index contributed by atoms with van der Waals surface area (Å²) in [5.41, 5.74) is 5.49. The minimum atomic E-state index is 0.621. The molecule has 0 aliphatic heterocycles. The molecule has 1 aromatic carbocycles. The van der Waals surface area contributed by atoms with Gasteiger partial charge in [0, 0.05) is 15.5 Å². The van der Waals surface area contributed by atoms with Crippen LogP contribution in [0.4, 0.5) is 0 Å². The van der Waals surface area contributed by atoms with E-state index >= 15 is 0 Å². The van der Waals surface area contributed by atoms with Gasteiger partial charge in [0.1, 0.15) is 5.75 Å². The van der Waals surface area contributed by atoms with Crippen molar-refractivity contribution in [3.63, 3.8) is 0 Å². The number of benzene rings is 1. The Morgan fingerprint density at radius 2 is 2.31 bits per heavy atom. The number of nitrogens with two attached hydrogens (primary N) is 1. The van der Waals surface area contributed by atoms with Crippen LogP contribution in [0.2, 0.25) is 0 Å². The summed E-state index contributed by atoms with van der Waals surface area (Å²) in [6, 6.07) is 7.92. The van der Waals surface area contributed by atoms with Gasteiger partial charge in [0.2, 0.25) is 0 Å². The Bertz CT molecular complexity index is 309. The number of thioether (sulfide) groups is 1. The van der Waals surface area contributed by atoms with E-state index in [1.54, 1.807) is 0 Å². The van der Waals surface area contributed by atoms with Crippen LogP contribution in [0, 0.1) is 0 Å². The Morgan fingerprint density at radius 3 is 3.00 bits per heavy atom. The predicted octanol–water partition coefficient (Wildman–Crippen LogP) is 3.30. The SMILES string of the molecule is CC(CCN)SCCOc1cccc(Br)c1. The van der Waals surface area contributed by atoms with Crippen LogP contribution in [0.15, 0.2) is 28.7 Å². The molecule has 2 nitrogen and oxygen atoms in total. The molecular weight excluding hydrogens is 286 g/mol. The number of hydrogen-bond donors (Lipinski definition) is 1. The summed E-state index contributed by atoms with van der Waals surface area (Å²) in [7, 11) is 0. The summed E-state index contributed by atoms with van der Waals surface area (Å²) in [4.78, 5) is 0. The maximum Gasteiger partial charge on any atom is 0.120 e. The van der Waals surface area contributed by atoms with Crippen molar-refractivity contribution in [1.82, 2.24) is 0 Å². The fraction of sp³-hybridized carbons (Fsp3) is 0.500. The van der Waals surface area contributed by atoms with Gasteiger partial charge in [-0.1, -0.05) is 28.9 Å². The second-order valence-corrected chi connectivity index (χ2v) is 6.03. The van der Waals surface area contributed by atoms with E-state index in [1.165, 1.54) is 0 Å². The summed E-state index contributed by atoms with van der Waals surface area (Å²) in [6.45, 7) is 3.72. The first kappa shape index (κ1) is 13.9. The molecule has 0 saturated carbocycles. The average molecular weight is 304 g/mol. The lowest BCUT2D eigenvalue weighted by Gasteiger charge is -2.10. The van der Waals surface area contributed by atoms with E-state index in [0.29, 0.717) is 5.25 Å². The fourth-order valence-corrected chi connectivity index (χ4v) is 2.55. The van der Waals surface area contributed by atoms with Gasteiger partial charge < -0.3 is 10.5 Å². The molecule has 2 N–H and O–H groups in total. The highest BCUT2D eigenvalue weighted by Gasteiger charge is 2.01. The van der Waals surface area contributed by atoms with E-state index in [0.717, 1.165) is 35.5 Å². The van der Waals surface area contributed by atoms with E-state index in [4.69, 9.17) is 10.5 Å².